The summed E-state index contributed by atoms with van der Waals surface area (Å²) in [5.74, 6) is 0.921. The van der Waals surface area contributed by atoms with Crippen molar-refractivity contribution in [2.75, 3.05) is 7.11 Å². The summed E-state index contributed by atoms with van der Waals surface area (Å²) in [5.41, 5.74) is 0.177. The van der Waals surface area contributed by atoms with Gasteiger partial charge in [0.2, 0.25) is 0 Å². The first-order valence-corrected chi connectivity index (χ1v) is 7.16. The van der Waals surface area contributed by atoms with Gasteiger partial charge >= 0.3 is 0 Å². The Balaban J connectivity index is 2.47. The Labute approximate surface area is 115 Å². The second kappa shape index (κ2) is 4.82. The number of hydrogen-bond acceptors (Lipinski definition) is 3. The third-order valence-electron chi connectivity index (χ3n) is 4.29. The molecule has 1 heterocycles. The van der Waals surface area contributed by atoms with E-state index in [9.17, 15) is 5.11 Å². The largest absolute Gasteiger partial charge is 0.493 e. The third kappa shape index (κ3) is 2.38. The summed E-state index contributed by atoms with van der Waals surface area (Å²) >= 11 is 0. The Morgan fingerprint density at radius 2 is 2.21 bits per heavy atom. The molecule has 1 aromatic heterocycles. The van der Waals surface area contributed by atoms with Crippen LogP contribution in [0.1, 0.15) is 52.7 Å². The Morgan fingerprint density at radius 1 is 1.53 bits per heavy atom. The van der Waals surface area contributed by atoms with Gasteiger partial charge in [-0.2, -0.15) is 5.10 Å². The lowest BCUT2D eigenvalue weighted by Crippen LogP contribution is -2.33. The predicted octanol–water partition coefficient (Wildman–Crippen LogP) is 2.95. The summed E-state index contributed by atoms with van der Waals surface area (Å²) in [6.45, 7) is 9.48. The summed E-state index contributed by atoms with van der Waals surface area (Å²) < 4.78 is 7.34. The van der Waals surface area contributed by atoms with E-state index in [2.05, 4.69) is 32.8 Å². The van der Waals surface area contributed by atoms with Gasteiger partial charge in [0.05, 0.1) is 13.3 Å². The monoisotopic (exact) mass is 266 g/mol. The van der Waals surface area contributed by atoms with Crippen LogP contribution < -0.4 is 4.74 Å². The first-order chi connectivity index (χ1) is 8.84. The Kier molecular flexibility index (Phi) is 3.65. The lowest BCUT2D eigenvalue weighted by atomic mass is 9.86. The molecule has 0 amide bonds. The molecule has 0 radical (unpaired) electrons. The maximum absolute atomic E-state index is 11.2. The zero-order valence-corrected chi connectivity index (χ0v) is 12.7. The fraction of sp³-hybridized carbons (Fsp3) is 0.800. The second-order valence-corrected chi connectivity index (χ2v) is 6.66. The quantitative estimate of drug-likeness (QED) is 0.911. The summed E-state index contributed by atoms with van der Waals surface area (Å²) in [4.78, 5) is 0. The minimum atomic E-state index is -0.833. The van der Waals surface area contributed by atoms with Gasteiger partial charge in [0.15, 0.2) is 5.75 Å². The van der Waals surface area contributed by atoms with Crippen molar-refractivity contribution in [2.24, 2.45) is 11.3 Å². The number of nitrogens with zero attached hydrogens (tertiary/aromatic N) is 2. The maximum atomic E-state index is 11.2. The molecule has 108 valence electrons. The van der Waals surface area contributed by atoms with Gasteiger partial charge in [0.25, 0.3) is 0 Å². The number of aryl methyl sites for hydroxylation is 1. The van der Waals surface area contributed by atoms with Crippen molar-refractivity contribution in [2.45, 2.75) is 59.1 Å². The summed E-state index contributed by atoms with van der Waals surface area (Å²) in [5, 5.41) is 15.6. The molecule has 4 nitrogen and oxygen atoms in total. The Bertz CT molecular complexity index is 453. The van der Waals surface area contributed by atoms with Crippen molar-refractivity contribution in [3.8, 4) is 5.75 Å². The molecular formula is C15H26N2O2. The van der Waals surface area contributed by atoms with E-state index >= 15 is 0 Å². The number of methoxy groups -OCH3 is 1. The molecule has 2 rings (SSSR count). The van der Waals surface area contributed by atoms with Gasteiger partial charge in [-0.25, -0.2) is 0 Å². The molecule has 1 aliphatic carbocycles. The van der Waals surface area contributed by atoms with Gasteiger partial charge in [-0.3, -0.25) is 4.68 Å². The lowest BCUT2D eigenvalue weighted by Gasteiger charge is -2.30. The highest BCUT2D eigenvalue weighted by molar-refractivity contribution is 5.33. The smallest absolute Gasteiger partial charge is 0.162 e. The van der Waals surface area contributed by atoms with Gasteiger partial charge in [-0.15, -0.1) is 0 Å². The van der Waals surface area contributed by atoms with E-state index in [0.29, 0.717) is 5.75 Å². The molecular weight excluding hydrogens is 240 g/mol. The van der Waals surface area contributed by atoms with Gasteiger partial charge in [-0.1, -0.05) is 27.7 Å². The number of aliphatic hydroxyl groups is 1. The van der Waals surface area contributed by atoms with Crippen LogP contribution in [0, 0.1) is 11.3 Å². The van der Waals surface area contributed by atoms with Crippen molar-refractivity contribution in [3.63, 3.8) is 0 Å². The fourth-order valence-corrected chi connectivity index (χ4v) is 3.63. The molecule has 0 spiro atoms. The molecule has 1 aromatic rings. The van der Waals surface area contributed by atoms with E-state index in [1.54, 1.807) is 13.3 Å². The van der Waals surface area contributed by atoms with Crippen LogP contribution in [0.25, 0.3) is 0 Å². The van der Waals surface area contributed by atoms with Gasteiger partial charge < -0.3 is 9.84 Å². The first-order valence-electron chi connectivity index (χ1n) is 7.16. The van der Waals surface area contributed by atoms with Gasteiger partial charge in [0, 0.05) is 6.54 Å². The van der Waals surface area contributed by atoms with Gasteiger partial charge in [-0.05, 0) is 30.6 Å². The van der Waals surface area contributed by atoms with E-state index in [1.807, 2.05) is 4.68 Å². The molecule has 1 N–H and O–H groups in total. The van der Waals surface area contributed by atoms with Crippen LogP contribution >= 0.6 is 0 Å². The van der Waals surface area contributed by atoms with E-state index in [4.69, 9.17) is 4.74 Å². The van der Waals surface area contributed by atoms with Crippen LogP contribution in [-0.2, 0) is 12.1 Å². The van der Waals surface area contributed by atoms with E-state index in [-0.39, 0.29) is 11.3 Å². The molecule has 1 aliphatic rings. The van der Waals surface area contributed by atoms with Crippen molar-refractivity contribution in [1.82, 2.24) is 9.78 Å². The molecule has 1 fully saturated rings. The third-order valence-corrected chi connectivity index (χ3v) is 4.29. The summed E-state index contributed by atoms with van der Waals surface area (Å²) in [6.07, 6.45) is 4.49. The van der Waals surface area contributed by atoms with Crippen molar-refractivity contribution < 1.29 is 9.84 Å². The van der Waals surface area contributed by atoms with E-state index in [0.717, 1.165) is 31.5 Å². The maximum Gasteiger partial charge on any atom is 0.162 e. The van der Waals surface area contributed by atoms with Crippen molar-refractivity contribution in [3.05, 3.63) is 11.9 Å². The van der Waals surface area contributed by atoms with Crippen LogP contribution in [0.2, 0.25) is 0 Å². The molecule has 4 heteroatoms. The van der Waals surface area contributed by atoms with Crippen LogP contribution in [0.4, 0.5) is 0 Å². The minimum Gasteiger partial charge on any atom is -0.493 e. The molecule has 0 saturated heterocycles. The Hall–Kier alpha value is -1.03. The molecule has 2 atom stereocenters. The highest BCUT2D eigenvalue weighted by Gasteiger charge is 2.51. The summed E-state index contributed by atoms with van der Waals surface area (Å²) in [6, 6.07) is 0. The van der Waals surface area contributed by atoms with E-state index < -0.39 is 5.60 Å². The van der Waals surface area contributed by atoms with E-state index in [1.165, 1.54) is 0 Å². The van der Waals surface area contributed by atoms with Crippen LogP contribution in [-0.4, -0.2) is 22.0 Å². The molecule has 0 aliphatic heterocycles. The zero-order valence-electron chi connectivity index (χ0n) is 12.7. The predicted molar refractivity (Wildman–Crippen MR) is 75.1 cm³/mol. The molecule has 19 heavy (non-hydrogen) atoms. The SMILES string of the molecule is CCCn1ncc(OC)c1C1(O)CC(C)(C)CC1C. The van der Waals surface area contributed by atoms with Crippen LogP contribution in [0.5, 0.6) is 5.75 Å². The molecule has 0 bridgehead atoms. The average molecular weight is 266 g/mol. The molecule has 2 unspecified atom stereocenters. The lowest BCUT2D eigenvalue weighted by molar-refractivity contribution is -0.0113. The molecule has 0 aromatic carbocycles. The normalized spacial score (nSPS) is 29.7. The highest BCUT2D eigenvalue weighted by atomic mass is 16.5. The second-order valence-electron chi connectivity index (χ2n) is 6.66. The standard InChI is InChI=1S/C15H26N2O2/c1-6-7-17-13(12(19-5)9-16-17)15(18)10-14(3,4)8-11(15)2/h9,11,18H,6-8,10H2,1-5H3. The number of aromatic nitrogens is 2. The molecule has 1 saturated carbocycles. The first kappa shape index (κ1) is 14.4. The Morgan fingerprint density at radius 3 is 2.68 bits per heavy atom. The number of hydrogen-bond donors (Lipinski definition) is 1. The van der Waals surface area contributed by atoms with Gasteiger partial charge in [0.1, 0.15) is 11.3 Å². The zero-order chi connectivity index (χ0) is 14.3. The van der Waals surface area contributed by atoms with Crippen molar-refractivity contribution in [1.29, 1.82) is 0 Å². The van der Waals surface area contributed by atoms with Crippen LogP contribution in [0.3, 0.4) is 0 Å². The number of ether oxygens (including phenoxy) is 1. The highest BCUT2D eigenvalue weighted by Crippen LogP contribution is 2.54. The minimum absolute atomic E-state index is 0.153. The van der Waals surface area contributed by atoms with Crippen LogP contribution in [0.15, 0.2) is 6.20 Å². The van der Waals surface area contributed by atoms with Crippen molar-refractivity contribution >= 4 is 0 Å². The fourth-order valence-electron chi connectivity index (χ4n) is 3.63. The summed E-state index contributed by atoms with van der Waals surface area (Å²) in [7, 11) is 1.64. The topological polar surface area (TPSA) is 47.3 Å². The average Bonchev–Trinajstić information content (AvgIpc) is 2.79. The number of rotatable bonds is 4.